The minimum atomic E-state index is -0.0841. The van der Waals surface area contributed by atoms with Crippen molar-refractivity contribution in [3.63, 3.8) is 0 Å². The lowest BCUT2D eigenvalue weighted by Crippen LogP contribution is -2.44. The molecule has 2 aromatic rings. The number of piperidine rings is 1. The van der Waals surface area contributed by atoms with E-state index < -0.39 is 0 Å². The summed E-state index contributed by atoms with van der Waals surface area (Å²) in [6, 6.07) is 7.70. The van der Waals surface area contributed by atoms with Crippen LogP contribution in [0.4, 0.5) is 11.5 Å². The smallest absolute Gasteiger partial charge is 0.257 e. The summed E-state index contributed by atoms with van der Waals surface area (Å²) in [6.45, 7) is 1.30. The number of hydrogen-bond acceptors (Lipinski definition) is 6. The SMILES string of the molecule is CN(C)c1ccc(C(=O)N2CCCC(Oc3nccnc3N(C)C)C2)cc1. The Morgan fingerprint density at radius 1 is 1.07 bits per heavy atom. The lowest BCUT2D eigenvalue weighted by molar-refractivity contribution is 0.0528. The zero-order valence-electron chi connectivity index (χ0n) is 16.4. The molecule has 0 aliphatic carbocycles. The van der Waals surface area contributed by atoms with Crippen molar-refractivity contribution in [3.8, 4) is 5.88 Å². The lowest BCUT2D eigenvalue weighted by atomic mass is 10.1. The summed E-state index contributed by atoms with van der Waals surface area (Å²) in [6.07, 6.45) is 4.99. The van der Waals surface area contributed by atoms with E-state index in [4.69, 9.17) is 4.74 Å². The van der Waals surface area contributed by atoms with Gasteiger partial charge in [0.25, 0.3) is 11.8 Å². The molecule has 1 aromatic carbocycles. The van der Waals surface area contributed by atoms with Gasteiger partial charge < -0.3 is 19.4 Å². The van der Waals surface area contributed by atoms with Crippen LogP contribution < -0.4 is 14.5 Å². The topological polar surface area (TPSA) is 61.8 Å². The summed E-state index contributed by atoms with van der Waals surface area (Å²) in [5, 5.41) is 0. The van der Waals surface area contributed by atoms with Crippen molar-refractivity contribution >= 4 is 17.4 Å². The second-order valence-corrected chi connectivity index (χ2v) is 7.15. The van der Waals surface area contributed by atoms with Crippen LogP contribution in [-0.2, 0) is 0 Å². The molecule has 0 saturated carbocycles. The number of carbonyl (C=O) groups excluding carboxylic acids is 1. The van der Waals surface area contributed by atoms with Crippen molar-refractivity contribution < 1.29 is 9.53 Å². The van der Waals surface area contributed by atoms with Crippen molar-refractivity contribution in [2.45, 2.75) is 18.9 Å². The van der Waals surface area contributed by atoms with Crippen LogP contribution in [0.2, 0.25) is 0 Å². The Balaban J connectivity index is 1.68. The third-order valence-corrected chi connectivity index (χ3v) is 4.64. The summed E-state index contributed by atoms with van der Waals surface area (Å²) in [5.74, 6) is 1.25. The molecule has 27 heavy (non-hydrogen) atoms. The molecule has 1 saturated heterocycles. The summed E-state index contributed by atoms with van der Waals surface area (Å²) in [7, 11) is 7.78. The average molecular weight is 369 g/mol. The number of hydrogen-bond donors (Lipinski definition) is 0. The number of likely N-dealkylation sites (tertiary alicyclic amines) is 1. The fourth-order valence-electron chi connectivity index (χ4n) is 3.17. The van der Waals surface area contributed by atoms with Crippen molar-refractivity contribution in [1.82, 2.24) is 14.9 Å². The molecule has 0 spiro atoms. The predicted octanol–water partition coefficient (Wildman–Crippen LogP) is 2.29. The van der Waals surface area contributed by atoms with Crippen molar-refractivity contribution in [2.75, 3.05) is 51.1 Å². The van der Waals surface area contributed by atoms with Gasteiger partial charge in [0.05, 0.1) is 6.54 Å². The van der Waals surface area contributed by atoms with Crippen molar-refractivity contribution in [3.05, 3.63) is 42.2 Å². The van der Waals surface area contributed by atoms with Crippen LogP contribution in [0.1, 0.15) is 23.2 Å². The molecule has 1 amide bonds. The molecule has 144 valence electrons. The molecule has 1 fully saturated rings. The van der Waals surface area contributed by atoms with Crippen LogP contribution in [0, 0.1) is 0 Å². The van der Waals surface area contributed by atoms with E-state index in [0.29, 0.717) is 23.8 Å². The van der Waals surface area contributed by atoms with E-state index in [1.807, 2.05) is 67.2 Å². The van der Waals surface area contributed by atoms with Gasteiger partial charge in [0.1, 0.15) is 6.10 Å². The maximum absolute atomic E-state index is 12.9. The molecule has 1 atom stereocenters. The number of aromatic nitrogens is 2. The number of anilines is 2. The lowest BCUT2D eigenvalue weighted by Gasteiger charge is -2.33. The zero-order chi connectivity index (χ0) is 19.4. The van der Waals surface area contributed by atoms with E-state index in [1.165, 1.54) is 0 Å². The van der Waals surface area contributed by atoms with E-state index in [1.54, 1.807) is 12.4 Å². The van der Waals surface area contributed by atoms with Gasteiger partial charge in [-0.3, -0.25) is 4.79 Å². The first-order valence-corrected chi connectivity index (χ1v) is 9.17. The highest BCUT2D eigenvalue weighted by Gasteiger charge is 2.27. The number of carbonyl (C=O) groups is 1. The second-order valence-electron chi connectivity index (χ2n) is 7.15. The number of nitrogens with zero attached hydrogens (tertiary/aromatic N) is 5. The van der Waals surface area contributed by atoms with E-state index in [-0.39, 0.29) is 12.0 Å². The Kier molecular flexibility index (Phi) is 5.78. The van der Waals surface area contributed by atoms with Gasteiger partial charge in [-0.15, -0.1) is 0 Å². The van der Waals surface area contributed by atoms with Gasteiger partial charge >= 0.3 is 0 Å². The minimum Gasteiger partial charge on any atom is -0.470 e. The number of ether oxygens (including phenoxy) is 1. The molecule has 1 aliphatic rings. The van der Waals surface area contributed by atoms with Crippen LogP contribution in [-0.4, -0.2) is 68.2 Å². The number of amides is 1. The molecule has 0 N–H and O–H groups in total. The maximum Gasteiger partial charge on any atom is 0.257 e. The standard InChI is InChI=1S/C20H27N5O2/c1-23(2)16-9-7-15(8-10-16)20(26)25-13-5-6-17(14-25)27-19-18(24(3)4)21-11-12-22-19/h7-12,17H,5-6,13-14H2,1-4H3. The number of rotatable bonds is 5. The molecule has 0 radical (unpaired) electrons. The molecular formula is C20H27N5O2. The predicted molar refractivity (Wildman–Crippen MR) is 107 cm³/mol. The molecule has 3 rings (SSSR count). The molecule has 7 heteroatoms. The Hall–Kier alpha value is -2.83. The van der Waals surface area contributed by atoms with Crippen molar-refractivity contribution in [2.24, 2.45) is 0 Å². The Morgan fingerprint density at radius 2 is 1.78 bits per heavy atom. The van der Waals surface area contributed by atoms with E-state index in [0.717, 1.165) is 25.1 Å². The van der Waals surface area contributed by atoms with E-state index in [2.05, 4.69) is 9.97 Å². The highest BCUT2D eigenvalue weighted by atomic mass is 16.5. The first-order valence-electron chi connectivity index (χ1n) is 9.17. The zero-order valence-corrected chi connectivity index (χ0v) is 16.4. The van der Waals surface area contributed by atoms with E-state index in [9.17, 15) is 4.79 Å². The number of benzene rings is 1. The molecule has 2 heterocycles. The fraction of sp³-hybridized carbons (Fsp3) is 0.450. The van der Waals surface area contributed by atoms with Gasteiger partial charge in [0.15, 0.2) is 5.82 Å². The van der Waals surface area contributed by atoms with Crippen molar-refractivity contribution in [1.29, 1.82) is 0 Å². The van der Waals surface area contributed by atoms with E-state index >= 15 is 0 Å². The Morgan fingerprint density at radius 3 is 2.44 bits per heavy atom. The Bertz CT molecular complexity index is 776. The van der Waals surface area contributed by atoms with Crippen LogP contribution in [0.5, 0.6) is 5.88 Å². The first-order chi connectivity index (χ1) is 13.0. The third-order valence-electron chi connectivity index (χ3n) is 4.64. The van der Waals surface area contributed by atoms with Crippen LogP contribution in [0.25, 0.3) is 0 Å². The quantitative estimate of drug-likeness (QED) is 0.806. The molecule has 0 bridgehead atoms. The fourth-order valence-corrected chi connectivity index (χ4v) is 3.17. The highest BCUT2D eigenvalue weighted by molar-refractivity contribution is 5.94. The van der Waals surface area contributed by atoms with Crippen LogP contribution >= 0.6 is 0 Å². The Labute approximate surface area is 160 Å². The molecule has 1 aromatic heterocycles. The van der Waals surface area contributed by atoms with Gasteiger partial charge in [0.2, 0.25) is 0 Å². The highest BCUT2D eigenvalue weighted by Crippen LogP contribution is 2.25. The van der Waals surface area contributed by atoms with Gasteiger partial charge in [-0.1, -0.05) is 0 Å². The first kappa shape index (κ1) is 18.9. The molecule has 1 unspecified atom stereocenters. The molecule has 1 aliphatic heterocycles. The second kappa shape index (κ2) is 8.24. The van der Waals surface area contributed by atoms with Gasteiger partial charge in [-0.25, -0.2) is 9.97 Å². The summed E-state index contributed by atoms with van der Waals surface area (Å²) in [5.41, 5.74) is 1.78. The third kappa shape index (κ3) is 4.48. The summed E-state index contributed by atoms with van der Waals surface area (Å²) < 4.78 is 6.10. The van der Waals surface area contributed by atoms with Gasteiger partial charge in [-0.2, -0.15) is 0 Å². The molecule has 7 nitrogen and oxygen atoms in total. The maximum atomic E-state index is 12.9. The monoisotopic (exact) mass is 369 g/mol. The van der Waals surface area contributed by atoms with Crippen LogP contribution in [0.15, 0.2) is 36.7 Å². The normalized spacial score (nSPS) is 16.7. The largest absolute Gasteiger partial charge is 0.470 e. The molecular weight excluding hydrogens is 342 g/mol. The summed E-state index contributed by atoms with van der Waals surface area (Å²) >= 11 is 0. The van der Waals surface area contributed by atoms with Gasteiger partial charge in [0, 0.05) is 58.4 Å². The average Bonchev–Trinajstić information content (AvgIpc) is 2.68. The van der Waals surface area contributed by atoms with Gasteiger partial charge in [-0.05, 0) is 37.1 Å². The summed E-state index contributed by atoms with van der Waals surface area (Å²) in [4.78, 5) is 27.3. The van der Waals surface area contributed by atoms with Crippen LogP contribution in [0.3, 0.4) is 0 Å². The minimum absolute atomic E-state index is 0.0422.